The maximum absolute atomic E-state index is 10.8. The first-order chi connectivity index (χ1) is 4.74. The van der Waals surface area contributed by atoms with E-state index in [9.17, 15) is 4.79 Å². The third-order valence-corrected chi connectivity index (χ3v) is 2.01. The zero-order valence-corrected chi connectivity index (χ0v) is 6.62. The first-order valence-corrected chi connectivity index (χ1v) is 3.67. The molecular formula is C7H7O2S. The Balaban J connectivity index is 2.85. The molecule has 1 rings (SSSR count). The monoisotopic (exact) mass is 155 g/mol. The maximum Gasteiger partial charge on any atom is 0.348 e. The summed E-state index contributed by atoms with van der Waals surface area (Å²) >= 11 is 1.35. The molecule has 0 aromatic carbocycles. The third kappa shape index (κ3) is 1.36. The van der Waals surface area contributed by atoms with Gasteiger partial charge in [-0.1, -0.05) is 0 Å². The van der Waals surface area contributed by atoms with Crippen molar-refractivity contribution < 1.29 is 9.53 Å². The fourth-order valence-corrected chi connectivity index (χ4v) is 1.33. The van der Waals surface area contributed by atoms with Crippen LogP contribution in [0.1, 0.15) is 15.2 Å². The van der Waals surface area contributed by atoms with Crippen molar-refractivity contribution in [3.05, 3.63) is 21.9 Å². The smallest absolute Gasteiger partial charge is 0.348 e. The number of methoxy groups -OCH3 is 1. The molecule has 0 amide bonds. The van der Waals surface area contributed by atoms with Crippen LogP contribution in [0.25, 0.3) is 0 Å². The predicted molar refractivity (Wildman–Crippen MR) is 39.2 cm³/mol. The van der Waals surface area contributed by atoms with E-state index in [0.717, 1.165) is 5.56 Å². The molecule has 0 saturated heterocycles. The Bertz CT molecular complexity index is 240. The molecule has 0 fully saturated rings. The van der Waals surface area contributed by atoms with Crippen molar-refractivity contribution in [1.82, 2.24) is 0 Å². The van der Waals surface area contributed by atoms with E-state index in [4.69, 9.17) is 0 Å². The minimum Gasteiger partial charge on any atom is -0.465 e. The highest BCUT2D eigenvalue weighted by atomic mass is 32.1. The molecule has 2 nitrogen and oxygen atoms in total. The second-order valence-electron chi connectivity index (χ2n) is 1.86. The molecule has 0 aliphatic carbocycles. The van der Waals surface area contributed by atoms with Crippen molar-refractivity contribution in [3.63, 3.8) is 0 Å². The van der Waals surface area contributed by atoms with Gasteiger partial charge in [0.2, 0.25) is 0 Å². The van der Waals surface area contributed by atoms with Crippen LogP contribution in [0.2, 0.25) is 0 Å². The summed E-state index contributed by atoms with van der Waals surface area (Å²) in [5.41, 5.74) is 0.977. The molecule has 3 heteroatoms. The van der Waals surface area contributed by atoms with Gasteiger partial charge in [0.25, 0.3) is 0 Å². The van der Waals surface area contributed by atoms with E-state index < -0.39 is 0 Å². The second kappa shape index (κ2) is 2.84. The van der Waals surface area contributed by atoms with E-state index in [2.05, 4.69) is 10.8 Å². The van der Waals surface area contributed by atoms with E-state index >= 15 is 0 Å². The van der Waals surface area contributed by atoms with Crippen LogP contribution in [0.3, 0.4) is 0 Å². The number of carbonyl (C=O) groups is 1. The fourth-order valence-electron chi connectivity index (χ4n) is 0.577. The van der Waals surface area contributed by atoms with Gasteiger partial charge in [-0.2, -0.15) is 0 Å². The van der Waals surface area contributed by atoms with Crippen molar-refractivity contribution in [1.29, 1.82) is 0 Å². The highest BCUT2D eigenvalue weighted by Crippen LogP contribution is 2.12. The quantitative estimate of drug-likeness (QED) is 0.576. The van der Waals surface area contributed by atoms with Crippen LogP contribution in [0.5, 0.6) is 0 Å². The third-order valence-electron chi connectivity index (χ3n) is 1.04. The molecule has 53 valence electrons. The van der Waals surface area contributed by atoms with Gasteiger partial charge in [0.05, 0.1) is 7.11 Å². The molecule has 1 heterocycles. The zero-order chi connectivity index (χ0) is 7.56. The maximum atomic E-state index is 10.8. The normalized spacial score (nSPS) is 9.40. The summed E-state index contributed by atoms with van der Waals surface area (Å²) in [4.78, 5) is 11.3. The molecule has 0 N–H and O–H groups in total. The van der Waals surface area contributed by atoms with Crippen molar-refractivity contribution >= 4 is 17.3 Å². The van der Waals surface area contributed by atoms with Crippen molar-refractivity contribution in [3.8, 4) is 0 Å². The Morgan fingerprint density at radius 1 is 1.80 bits per heavy atom. The highest BCUT2D eigenvalue weighted by Gasteiger charge is 2.06. The Morgan fingerprint density at radius 3 is 2.90 bits per heavy atom. The van der Waals surface area contributed by atoms with Crippen LogP contribution in [0.15, 0.2) is 5.38 Å². The molecule has 0 aliphatic rings. The van der Waals surface area contributed by atoms with Crippen LogP contribution < -0.4 is 0 Å². The molecule has 0 bridgehead atoms. The Hall–Kier alpha value is -0.830. The molecule has 10 heavy (non-hydrogen) atoms. The lowest BCUT2D eigenvalue weighted by Crippen LogP contribution is -1.97. The van der Waals surface area contributed by atoms with Crippen LogP contribution in [-0.2, 0) is 4.74 Å². The van der Waals surface area contributed by atoms with Crippen LogP contribution in [0, 0.1) is 13.0 Å². The molecule has 1 aromatic rings. The average Bonchev–Trinajstić information content (AvgIpc) is 2.34. The number of ether oxygens (including phenoxy) is 1. The van der Waals surface area contributed by atoms with Crippen molar-refractivity contribution in [2.75, 3.05) is 7.11 Å². The predicted octanol–water partition coefficient (Wildman–Crippen LogP) is 1.64. The van der Waals surface area contributed by atoms with Gasteiger partial charge in [0.15, 0.2) is 0 Å². The Kier molecular flexibility index (Phi) is 2.06. The average molecular weight is 155 g/mol. The van der Waals surface area contributed by atoms with E-state index in [0.29, 0.717) is 4.88 Å². The minimum absolute atomic E-state index is 0.307. The fraction of sp³-hybridized carbons (Fsp3) is 0.286. The lowest BCUT2D eigenvalue weighted by Gasteiger charge is -1.90. The second-order valence-corrected chi connectivity index (χ2v) is 2.74. The molecule has 1 radical (unpaired) electrons. The van der Waals surface area contributed by atoms with E-state index in [1.54, 1.807) is 0 Å². The number of aryl methyl sites for hydroxylation is 1. The SMILES string of the molecule is COC(=O)c1[c]c(C)cs1. The van der Waals surface area contributed by atoms with Crippen molar-refractivity contribution in [2.24, 2.45) is 0 Å². The summed E-state index contributed by atoms with van der Waals surface area (Å²) < 4.78 is 4.49. The van der Waals surface area contributed by atoms with Crippen LogP contribution >= 0.6 is 11.3 Å². The Morgan fingerprint density at radius 2 is 2.50 bits per heavy atom. The lowest BCUT2D eigenvalue weighted by molar-refractivity contribution is 0.0606. The number of esters is 1. The van der Waals surface area contributed by atoms with Gasteiger partial charge in [-0.25, -0.2) is 4.79 Å². The Labute approximate surface area is 63.4 Å². The summed E-state index contributed by atoms with van der Waals surface area (Å²) in [6, 6.07) is 2.87. The standard InChI is InChI=1S/C7H7O2S/c1-5-3-6(10-4-5)7(8)9-2/h4H,1-2H3. The topological polar surface area (TPSA) is 26.3 Å². The number of hydrogen-bond donors (Lipinski definition) is 0. The van der Waals surface area contributed by atoms with Crippen molar-refractivity contribution in [2.45, 2.75) is 6.92 Å². The minimum atomic E-state index is -0.307. The molecular weight excluding hydrogens is 148 g/mol. The first-order valence-electron chi connectivity index (χ1n) is 2.79. The van der Waals surface area contributed by atoms with Gasteiger partial charge in [-0.15, -0.1) is 11.3 Å². The highest BCUT2D eigenvalue weighted by molar-refractivity contribution is 7.12. The van der Waals surface area contributed by atoms with Gasteiger partial charge in [-0.3, -0.25) is 0 Å². The molecule has 0 spiro atoms. The van der Waals surface area contributed by atoms with E-state index in [1.165, 1.54) is 18.4 Å². The summed E-state index contributed by atoms with van der Waals surface area (Å²) in [7, 11) is 1.37. The molecule has 1 aromatic heterocycles. The number of rotatable bonds is 1. The molecule has 0 aliphatic heterocycles. The van der Waals surface area contributed by atoms with Gasteiger partial charge in [0, 0.05) is 6.07 Å². The number of thiophene rings is 1. The van der Waals surface area contributed by atoms with E-state index in [-0.39, 0.29) is 5.97 Å². The van der Waals surface area contributed by atoms with Gasteiger partial charge in [-0.05, 0) is 17.9 Å². The molecule has 0 unspecified atom stereocenters. The summed E-state index contributed by atoms with van der Waals surface area (Å²) in [5, 5.41) is 1.87. The summed E-state index contributed by atoms with van der Waals surface area (Å²) in [6.45, 7) is 1.89. The molecule has 0 saturated carbocycles. The number of hydrogen-bond acceptors (Lipinski definition) is 3. The van der Waals surface area contributed by atoms with Gasteiger partial charge in [0.1, 0.15) is 4.88 Å². The van der Waals surface area contributed by atoms with E-state index in [1.807, 2.05) is 12.3 Å². The lowest BCUT2D eigenvalue weighted by atomic mass is 10.3. The van der Waals surface area contributed by atoms with Crippen LogP contribution in [0.4, 0.5) is 0 Å². The van der Waals surface area contributed by atoms with Crippen LogP contribution in [-0.4, -0.2) is 13.1 Å². The van der Waals surface area contributed by atoms with Gasteiger partial charge < -0.3 is 4.74 Å². The van der Waals surface area contributed by atoms with Gasteiger partial charge >= 0.3 is 5.97 Å². The molecule has 0 atom stereocenters. The zero-order valence-electron chi connectivity index (χ0n) is 5.80. The number of carbonyl (C=O) groups excluding carboxylic acids is 1. The largest absolute Gasteiger partial charge is 0.465 e. The first kappa shape index (κ1) is 7.28. The summed E-state index contributed by atoms with van der Waals surface area (Å²) in [6.07, 6.45) is 0. The summed E-state index contributed by atoms with van der Waals surface area (Å²) in [5.74, 6) is -0.307.